The smallest absolute Gasteiger partial charge is 0.244 e. The second-order valence-corrected chi connectivity index (χ2v) is 15.0. The molecule has 1 N–H and O–H groups in total. The Morgan fingerprint density at radius 1 is 0.855 bits per heavy atom. The third-order valence-corrected chi connectivity index (χ3v) is 11.0. The molecule has 0 amide bonds. The van der Waals surface area contributed by atoms with Gasteiger partial charge in [0.15, 0.2) is 0 Å². The van der Waals surface area contributed by atoms with Crippen LogP contribution in [0, 0.1) is 13.8 Å². The third-order valence-electron chi connectivity index (χ3n) is 9.36. The van der Waals surface area contributed by atoms with Crippen LogP contribution < -0.4 is 19.7 Å². The Morgan fingerprint density at radius 3 is 2.11 bits per heavy atom. The summed E-state index contributed by atoms with van der Waals surface area (Å²) < 4.78 is 35.8. The number of nitrogens with one attached hydrogen (secondary N) is 1. The minimum atomic E-state index is -0.547. The molecule has 55 heavy (non-hydrogen) atoms. The first kappa shape index (κ1) is 34.8. The van der Waals surface area contributed by atoms with Gasteiger partial charge in [-0.2, -0.15) is 28.9 Å². The highest BCUT2D eigenvalue weighted by Gasteiger charge is 2.30. The molecule has 19 heteroatoms. The van der Waals surface area contributed by atoms with Crippen molar-refractivity contribution in [1.29, 1.82) is 0 Å². The van der Waals surface area contributed by atoms with Crippen LogP contribution in [0.5, 0.6) is 11.8 Å². The van der Waals surface area contributed by atoms with Gasteiger partial charge in [0.1, 0.15) is 33.4 Å². The molecule has 0 saturated heterocycles. The van der Waals surface area contributed by atoms with Gasteiger partial charge in [0.05, 0.1) is 52.8 Å². The topological polar surface area (TPSA) is 166 Å². The molecule has 8 aromatic rings. The highest BCUT2D eigenvalue weighted by atomic mass is 32.1. The maximum Gasteiger partial charge on any atom is 0.244 e. The Morgan fingerprint density at radius 2 is 1.53 bits per heavy atom. The number of rotatable bonds is 14. The van der Waals surface area contributed by atoms with Gasteiger partial charge in [0.25, 0.3) is 0 Å². The van der Waals surface area contributed by atoms with Crippen LogP contribution in [0.25, 0.3) is 33.4 Å². The fourth-order valence-electron chi connectivity index (χ4n) is 6.48. The van der Waals surface area contributed by atoms with Crippen LogP contribution in [-0.4, -0.2) is 83.4 Å². The van der Waals surface area contributed by atoms with E-state index in [1.807, 2.05) is 97.2 Å². The lowest BCUT2D eigenvalue weighted by Gasteiger charge is -2.30. The first-order valence-electron chi connectivity index (χ1n) is 17.8. The van der Waals surface area contributed by atoms with Gasteiger partial charge >= 0.3 is 0 Å². The van der Waals surface area contributed by atoms with Gasteiger partial charge < -0.3 is 28.7 Å². The summed E-state index contributed by atoms with van der Waals surface area (Å²) in [4.78, 5) is 21.8. The van der Waals surface area contributed by atoms with Crippen molar-refractivity contribution in [3.63, 3.8) is 0 Å². The Kier molecular flexibility index (Phi) is 9.11. The molecule has 8 aromatic heterocycles. The van der Waals surface area contributed by atoms with Gasteiger partial charge in [-0.3, -0.25) is 14.3 Å². The van der Waals surface area contributed by atoms with Crippen LogP contribution in [-0.2, 0) is 18.8 Å². The van der Waals surface area contributed by atoms with Crippen molar-refractivity contribution >= 4 is 67.0 Å². The van der Waals surface area contributed by atoms with Crippen LogP contribution in [0.1, 0.15) is 37.1 Å². The van der Waals surface area contributed by atoms with Crippen molar-refractivity contribution < 1.29 is 14.2 Å². The highest BCUT2D eigenvalue weighted by molar-refractivity contribution is 7.10. The summed E-state index contributed by atoms with van der Waals surface area (Å²) in [5, 5.41) is 13.7. The lowest BCUT2D eigenvalue weighted by atomic mass is 9.96. The average molecular weight is 779 g/mol. The van der Waals surface area contributed by atoms with Gasteiger partial charge in [-0.15, -0.1) is 0 Å². The van der Waals surface area contributed by atoms with Gasteiger partial charge in [-0.05, 0) is 80.4 Å². The molecule has 17 nitrogen and oxygen atoms in total. The Balaban J connectivity index is 1.06. The van der Waals surface area contributed by atoms with Crippen molar-refractivity contribution in [2.24, 2.45) is 14.1 Å². The second kappa shape index (κ2) is 14.4. The van der Waals surface area contributed by atoms with Gasteiger partial charge in [-0.1, -0.05) is 0 Å². The summed E-state index contributed by atoms with van der Waals surface area (Å²) in [5.41, 5.74) is 6.48. The fourth-order valence-corrected chi connectivity index (χ4v) is 7.93. The van der Waals surface area contributed by atoms with Crippen LogP contribution >= 0.6 is 23.1 Å². The molecular weight excluding hydrogens is 741 g/mol. The summed E-state index contributed by atoms with van der Waals surface area (Å²) >= 11 is 2.70. The van der Waals surface area contributed by atoms with E-state index >= 15 is 0 Å². The number of methoxy groups -OCH3 is 1. The minimum Gasteiger partial charge on any atom is -0.476 e. The van der Waals surface area contributed by atoms with E-state index in [4.69, 9.17) is 34.1 Å². The first-order valence-corrected chi connectivity index (χ1v) is 19.4. The number of hydrogen-bond donors (Lipinski definition) is 1. The van der Waals surface area contributed by atoms with E-state index in [2.05, 4.69) is 24.3 Å². The van der Waals surface area contributed by atoms with Crippen LogP contribution in [0.2, 0.25) is 0 Å². The predicted molar refractivity (Wildman–Crippen MR) is 210 cm³/mol. The average Bonchev–Trinajstić information content (AvgIpc) is 4.01. The first-order chi connectivity index (χ1) is 26.8. The van der Waals surface area contributed by atoms with Crippen molar-refractivity contribution in [2.75, 3.05) is 23.9 Å². The standard InChI is InChI=1S/C36H38N14O3S2/c1-21-15-28(54-44-21)41-35-39-26-9-12-48(23-17-37-46(3)19-23)31(26)33(42-35)52-14-11-29(51-5)50(30-16-22(2)45-55-30)36-40-27-10-13-49(24-18-38-47(4)20-24)32(27)34(43-36)53-25-7-6-8-25/h9-10,12-13,15-20,25,29H,6-8,11,14H2,1-5H3,(H,39,41,42). The molecule has 0 bridgehead atoms. The van der Waals surface area contributed by atoms with Crippen LogP contribution in [0.3, 0.4) is 0 Å². The number of anilines is 4. The monoisotopic (exact) mass is 778 g/mol. The number of nitrogens with zero attached hydrogens (tertiary/aromatic N) is 13. The quantitative estimate of drug-likeness (QED) is 0.121. The number of hydrogen-bond acceptors (Lipinski definition) is 15. The SMILES string of the molecule is COC(CCOc1nc(Nc2cc(C)ns2)nc2ccn(-c3cnn(C)c3)c12)N(c1nc(OC2CCC2)c2c(ccn2-c2cnn(C)c2)n1)c1cc(C)ns1. The molecule has 1 saturated carbocycles. The van der Waals surface area contributed by atoms with E-state index in [1.54, 1.807) is 22.7 Å². The maximum absolute atomic E-state index is 6.58. The zero-order valence-corrected chi connectivity index (χ0v) is 32.5. The lowest BCUT2D eigenvalue weighted by Crippen LogP contribution is -2.35. The zero-order chi connectivity index (χ0) is 37.6. The Labute approximate surface area is 323 Å². The van der Waals surface area contributed by atoms with E-state index in [9.17, 15) is 0 Å². The molecule has 1 atom stereocenters. The van der Waals surface area contributed by atoms with Crippen molar-refractivity contribution in [3.8, 4) is 23.1 Å². The lowest BCUT2D eigenvalue weighted by molar-refractivity contribution is 0.0845. The summed E-state index contributed by atoms with van der Waals surface area (Å²) in [6.07, 6.45) is 14.4. The van der Waals surface area contributed by atoms with Crippen molar-refractivity contribution in [3.05, 3.63) is 72.8 Å². The van der Waals surface area contributed by atoms with E-state index < -0.39 is 6.23 Å². The largest absolute Gasteiger partial charge is 0.476 e. The van der Waals surface area contributed by atoms with Crippen LogP contribution in [0.15, 0.2) is 61.4 Å². The van der Waals surface area contributed by atoms with Crippen molar-refractivity contribution in [1.82, 2.24) is 57.4 Å². The van der Waals surface area contributed by atoms with Gasteiger partial charge in [-0.25, -0.2) is 9.97 Å². The second-order valence-electron chi connectivity index (χ2n) is 13.4. The zero-order valence-electron chi connectivity index (χ0n) is 30.8. The number of aromatic nitrogens is 12. The molecule has 282 valence electrons. The van der Waals surface area contributed by atoms with E-state index in [0.717, 1.165) is 63.1 Å². The minimum absolute atomic E-state index is 0.0868. The maximum atomic E-state index is 6.58. The van der Waals surface area contributed by atoms with Crippen molar-refractivity contribution in [2.45, 2.75) is 51.9 Å². The molecule has 0 radical (unpaired) electrons. The number of fused-ring (bicyclic) bond motifs is 2. The van der Waals surface area contributed by atoms with Gasteiger partial charge in [0.2, 0.25) is 23.7 Å². The summed E-state index contributed by atoms with van der Waals surface area (Å²) in [6.45, 7) is 4.14. The van der Waals surface area contributed by atoms with Crippen LogP contribution in [0.4, 0.5) is 21.9 Å². The molecule has 1 aliphatic carbocycles. The summed E-state index contributed by atoms with van der Waals surface area (Å²) in [6, 6.07) is 7.86. The Bertz CT molecular complexity index is 2610. The molecule has 9 rings (SSSR count). The summed E-state index contributed by atoms with van der Waals surface area (Å²) in [5.74, 6) is 1.75. The molecule has 1 fully saturated rings. The molecular formula is C36H38N14O3S2. The Hall–Kier alpha value is -5.92. The molecule has 0 spiro atoms. The third kappa shape index (κ3) is 6.85. The number of aryl methyl sites for hydroxylation is 4. The highest BCUT2D eigenvalue weighted by Crippen LogP contribution is 2.37. The van der Waals surface area contributed by atoms with E-state index in [0.29, 0.717) is 41.1 Å². The molecule has 1 aliphatic rings. The fraction of sp³-hybridized carbons (Fsp3) is 0.333. The molecule has 0 aromatic carbocycles. The molecule has 0 aliphatic heterocycles. The molecule has 1 unspecified atom stereocenters. The summed E-state index contributed by atoms with van der Waals surface area (Å²) in [7, 11) is 5.44. The number of ether oxygens (including phenoxy) is 3. The van der Waals surface area contributed by atoms with Gasteiger partial charge in [0, 0.05) is 52.4 Å². The van der Waals surface area contributed by atoms with E-state index in [-0.39, 0.29) is 12.7 Å². The molecule has 8 heterocycles. The predicted octanol–water partition coefficient (Wildman–Crippen LogP) is 6.41. The van der Waals surface area contributed by atoms with E-state index in [1.165, 1.54) is 23.1 Å². The normalized spacial score (nSPS) is 13.8.